The summed E-state index contributed by atoms with van der Waals surface area (Å²) in [5, 5.41) is 12.4. The number of hydrogen-bond donors (Lipinski definition) is 3. The maximum absolute atomic E-state index is 11.8. The molecule has 0 aromatic carbocycles. The van der Waals surface area contributed by atoms with Crippen molar-refractivity contribution in [3.8, 4) is 0 Å². The van der Waals surface area contributed by atoms with Gasteiger partial charge in [-0.1, -0.05) is 0 Å². The summed E-state index contributed by atoms with van der Waals surface area (Å²) >= 11 is 0. The summed E-state index contributed by atoms with van der Waals surface area (Å²) in [5.74, 6) is -0.833. The van der Waals surface area contributed by atoms with Crippen molar-refractivity contribution in [3.05, 3.63) is 0 Å². The van der Waals surface area contributed by atoms with E-state index in [2.05, 4.69) is 10.6 Å². The van der Waals surface area contributed by atoms with E-state index in [9.17, 15) is 13.2 Å². The second-order valence-electron chi connectivity index (χ2n) is 2.77. The Kier molecular flexibility index (Phi) is 5.47. The third-order valence-corrected chi connectivity index (χ3v) is 1.44. The number of piperazine rings is 1. The van der Waals surface area contributed by atoms with Crippen LogP contribution >= 0.6 is 0 Å². The first kappa shape index (κ1) is 13.2. The molecule has 7 heteroatoms. The van der Waals surface area contributed by atoms with Gasteiger partial charge in [0.1, 0.15) is 6.04 Å². The highest BCUT2D eigenvalue weighted by Gasteiger charge is 2.39. The molecule has 1 aliphatic rings. The molecule has 0 bridgehead atoms. The van der Waals surface area contributed by atoms with E-state index in [0.717, 1.165) is 6.92 Å². The van der Waals surface area contributed by atoms with Gasteiger partial charge in [0.25, 0.3) is 5.97 Å². The quantitative estimate of drug-likeness (QED) is 0.539. The molecule has 0 amide bonds. The number of carbonyl (C=O) groups is 1. The standard InChI is InChI=1S/C5H9F3N2.C2H4O2/c6-5(7,8)4-3-9-1-2-10-4;1-2(3)4/h4,9-10H,1-3H2;1H3,(H,3,4). The van der Waals surface area contributed by atoms with Crippen LogP contribution in [-0.4, -0.2) is 42.9 Å². The zero-order valence-electron chi connectivity index (χ0n) is 7.69. The van der Waals surface area contributed by atoms with Gasteiger partial charge in [-0.15, -0.1) is 0 Å². The van der Waals surface area contributed by atoms with Gasteiger partial charge >= 0.3 is 6.18 Å². The van der Waals surface area contributed by atoms with E-state index in [1.807, 2.05) is 0 Å². The smallest absolute Gasteiger partial charge is 0.405 e. The summed E-state index contributed by atoms with van der Waals surface area (Å²) < 4.78 is 35.5. The third kappa shape index (κ3) is 6.67. The van der Waals surface area contributed by atoms with Gasteiger partial charge in [-0.05, 0) is 0 Å². The first-order valence-electron chi connectivity index (χ1n) is 4.04. The molecule has 0 aliphatic carbocycles. The number of carboxylic acid groups (broad SMARTS) is 1. The van der Waals surface area contributed by atoms with Crippen molar-refractivity contribution < 1.29 is 23.1 Å². The first-order chi connectivity index (χ1) is 6.34. The van der Waals surface area contributed by atoms with Crippen molar-refractivity contribution in [2.75, 3.05) is 19.6 Å². The number of halogens is 3. The molecule has 0 radical (unpaired) electrons. The van der Waals surface area contributed by atoms with Crippen molar-refractivity contribution in [2.45, 2.75) is 19.1 Å². The Morgan fingerprint density at radius 1 is 1.43 bits per heavy atom. The van der Waals surface area contributed by atoms with Gasteiger partial charge in [0, 0.05) is 26.6 Å². The maximum Gasteiger partial charge on any atom is 0.405 e. The fourth-order valence-corrected chi connectivity index (χ4v) is 0.885. The Hall–Kier alpha value is -0.820. The summed E-state index contributed by atoms with van der Waals surface area (Å²) in [6.45, 7) is 2.08. The molecule has 1 fully saturated rings. The molecule has 1 heterocycles. The maximum atomic E-state index is 11.8. The Balaban J connectivity index is 0.000000364. The summed E-state index contributed by atoms with van der Waals surface area (Å²) in [6.07, 6.45) is -4.10. The summed E-state index contributed by atoms with van der Waals surface area (Å²) in [6, 6.07) is -1.36. The van der Waals surface area contributed by atoms with Gasteiger partial charge in [-0.3, -0.25) is 4.79 Å². The molecule has 1 saturated heterocycles. The number of aliphatic carboxylic acids is 1. The van der Waals surface area contributed by atoms with Crippen LogP contribution in [0.25, 0.3) is 0 Å². The van der Waals surface area contributed by atoms with Crippen molar-refractivity contribution in [2.24, 2.45) is 0 Å². The SMILES string of the molecule is CC(=O)O.FC(F)(F)C1CNCCN1. The van der Waals surface area contributed by atoms with E-state index >= 15 is 0 Å². The van der Waals surface area contributed by atoms with Crippen LogP contribution < -0.4 is 10.6 Å². The topological polar surface area (TPSA) is 61.4 Å². The van der Waals surface area contributed by atoms with E-state index in [1.165, 1.54) is 0 Å². The Morgan fingerprint density at radius 2 is 1.93 bits per heavy atom. The van der Waals surface area contributed by atoms with Crippen molar-refractivity contribution in [1.29, 1.82) is 0 Å². The molecular formula is C7H13F3N2O2. The number of alkyl halides is 3. The first-order valence-corrected chi connectivity index (χ1v) is 4.04. The highest BCUT2D eigenvalue weighted by atomic mass is 19.4. The van der Waals surface area contributed by atoms with Crippen LogP contribution in [0.15, 0.2) is 0 Å². The van der Waals surface area contributed by atoms with E-state index in [4.69, 9.17) is 9.90 Å². The van der Waals surface area contributed by atoms with Gasteiger partial charge in [-0.2, -0.15) is 13.2 Å². The minimum absolute atomic E-state index is 0.0104. The van der Waals surface area contributed by atoms with Gasteiger partial charge < -0.3 is 15.7 Å². The second-order valence-corrected chi connectivity index (χ2v) is 2.77. The summed E-state index contributed by atoms with van der Waals surface area (Å²) in [7, 11) is 0. The number of carboxylic acids is 1. The molecule has 1 unspecified atom stereocenters. The fraction of sp³-hybridized carbons (Fsp3) is 0.857. The van der Waals surface area contributed by atoms with Crippen LogP contribution in [0.5, 0.6) is 0 Å². The van der Waals surface area contributed by atoms with Crippen LogP contribution in [0.1, 0.15) is 6.92 Å². The zero-order valence-corrected chi connectivity index (χ0v) is 7.69. The van der Waals surface area contributed by atoms with E-state index in [-0.39, 0.29) is 6.54 Å². The Bertz CT molecular complexity index is 174. The molecule has 3 N–H and O–H groups in total. The molecule has 0 aromatic rings. The van der Waals surface area contributed by atoms with Gasteiger partial charge in [0.15, 0.2) is 0 Å². The average Bonchev–Trinajstić information content (AvgIpc) is 2.03. The number of rotatable bonds is 0. The normalized spacial score (nSPS) is 22.1. The lowest BCUT2D eigenvalue weighted by Gasteiger charge is -2.26. The summed E-state index contributed by atoms with van der Waals surface area (Å²) in [4.78, 5) is 9.00. The fourth-order valence-electron chi connectivity index (χ4n) is 0.885. The average molecular weight is 214 g/mol. The van der Waals surface area contributed by atoms with Crippen LogP contribution in [0.4, 0.5) is 13.2 Å². The predicted molar refractivity (Wildman–Crippen MR) is 44.0 cm³/mol. The molecule has 1 rings (SSSR count). The van der Waals surface area contributed by atoms with E-state index in [1.54, 1.807) is 0 Å². The lowest BCUT2D eigenvalue weighted by atomic mass is 10.2. The molecule has 0 aromatic heterocycles. The van der Waals surface area contributed by atoms with Crippen LogP contribution in [0, 0.1) is 0 Å². The van der Waals surface area contributed by atoms with Crippen molar-refractivity contribution >= 4 is 5.97 Å². The van der Waals surface area contributed by atoms with Gasteiger partial charge in [-0.25, -0.2) is 0 Å². The Labute approximate surface area is 79.5 Å². The van der Waals surface area contributed by atoms with Crippen LogP contribution in [0.3, 0.4) is 0 Å². The number of nitrogens with one attached hydrogen (secondary N) is 2. The van der Waals surface area contributed by atoms with Crippen LogP contribution in [-0.2, 0) is 4.79 Å². The molecule has 4 nitrogen and oxygen atoms in total. The highest BCUT2D eigenvalue weighted by Crippen LogP contribution is 2.19. The van der Waals surface area contributed by atoms with Crippen molar-refractivity contribution in [3.63, 3.8) is 0 Å². The predicted octanol–water partition coefficient (Wildman–Crippen LogP) is 0.201. The lowest BCUT2D eigenvalue weighted by molar-refractivity contribution is -0.157. The van der Waals surface area contributed by atoms with Gasteiger partial charge in [0.2, 0.25) is 0 Å². The van der Waals surface area contributed by atoms with Gasteiger partial charge in [0.05, 0.1) is 0 Å². The minimum Gasteiger partial charge on any atom is -0.481 e. The molecule has 0 saturated carbocycles. The molecule has 14 heavy (non-hydrogen) atoms. The zero-order chi connectivity index (χ0) is 11.2. The molecule has 1 atom stereocenters. The molecule has 1 aliphatic heterocycles. The lowest BCUT2D eigenvalue weighted by Crippen LogP contribution is -2.55. The largest absolute Gasteiger partial charge is 0.481 e. The van der Waals surface area contributed by atoms with E-state index < -0.39 is 18.2 Å². The Morgan fingerprint density at radius 3 is 2.14 bits per heavy atom. The monoisotopic (exact) mass is 214 g/mol. The van der Waals surface area contributed by atoms with E-state index in [0.29, 0.717) is 13.1 Å². The number of hydrogen-bond acceptors (Lipinski definition) is 3. The molecular weight excluding hydrogens is 201 g/mol. The van der Waals surface area contributed by atoms with Crippen molar-refractivity contribution in [1.82, 2.24) is 10.6 Å². The third-order valence-electron chi connectivity index (χ3n) is 1.44. The highest BCUT2D eigenvalue weighted by molar-refractivity contribution is 5.62. The minimum atomic E-state index is -4.10. The summed E-state index contributed by atoms with van der Waals surface area (Å²) in [5.41, 5.74) is 0. The molecule has 0 spiro atoms. The van der Waals surface area contributed by atoms with Crippen LogP contribution in [0.2, 0.25) is 0 Å². The molecule has 84 valence electrons. The second kappa shape index (κ2) is 5.82.